The monoisotopic (exact) mass is 364 g/mol. The molecule has 0 bridgehead atoms. The molecule has 0 heterocycles. The fourth-order valence-corrected chi connectivity index (χ4v) is 2.06. The minimum atomic E-state index is -1.36. The third-order valence-electron chi connectivity index (χ3n) is 3.41. The van der Waals surface area contributed by atoms with Crippen LogP contribution in [0.2, 0.25) is 0 Å². The highest BCUT2D eigenvalue weighted by atomic mass is 19.2. The van der Waals surface area contributed by atoms with E-state index < -0.39 is 35.8 Å². The van der Waals surface area contributed by atoms with Crippen LogP contribution in [0.15, 0.2) is 48.0 Å². The van der Waals surface area contributed by atoms with E-state index in [0.717, 1.165) is 13.2 Å². The molecule has 0 saturated heterocycles. The Kier molecular flexibility index (Phi) is 6.54. The van der Waals surface area contributed by atoms with Gasteiger partial charge in [-0.25, -0.2) is 18.0 Å². The van der Waals surface area contributed by atoms with E-state index in [1.165, 1.54) is 0 Å². The van der Waals surface area contributed by atoms with Crippen molar-refractivity contribution in [2.75, 3.05) is 7.11 Å². The fraction of sp³-hybridized carbons (Fsp3) is 0.158. The molecule has 7 heteroatoms. The number of hydrogen-bond donors (Lipinski definition) is 0. The van der Waals surface area contributed by atoms with Gasteiger partial charge in [0.2, 0.25) is 0 Å². The van der Waals surface area contributed by atoms with Gasteiger partial charge in [-0.3, -0.25) is 4.79 Å². The molecule has 0 atom stereocenters. The van der Waals surface area contributed by atoms with Crippen LogP contribution in [0.1, 0.15) is 17.5 Å². The van der Waals surface area contributed by atoms with Crippen molar-refractivity contribution in [1.82, 2.24) is 0 Å². The van der Waals surface area contributed by atoms with Gasteiger partial charge < -0.3 is 9.47 Å². The Balaban J connectivity index is 2.26. The highest BCUT2D eigenvalue weighted by molar-refractivity contribution is 5.98. The standard InChI is InChI=1S/C19H15F3O4/c1-25-18(23)9-14(7-13-8-16(21)17(22)10-15(13)20)19(24)26-11-12-5-3-2-4-6-12/h2-8,10H,9,11H2,1H3/b14-7+. The summed E-state index contributed by atoms with van der Waals surface area (Å²) in [7, 11) is 1.12. The number of carbonyl (C=O) groups is 2. The number of esters is 2. The van der Waals surface area contributed by atoms with Crippen molar-refractivity contribution >= 4 is 18.0 Å². The third-order valence-corrected chi connectivity index (χ3v) is 3.41. The van der Waals surface area contributed by atoms with E-state index in [9.17, 15) is 22.8 Å². The second-order valence-corrected chi connectivity index (χ2v) is 5.27. The molecule has 0 spiro atoms. The Morgan fingerprint density at radius 2 is 1.65 bits per heavy atom. The Labute approximate surface area is 147 Å². The first-order chi connectivity index (χ1) is 12.4. The van der Waals surface area contributed by atoms with E-state index >= 15 is 0 Å². The van der Waals surface area contributed by atoms with Gasteiger partial charge in [0, 0.05) is 17.2 Å². The number of methoxy groups -OCH3 is 1. The summed E-state index contributed by atoms with van der Waals surface area (Å²) in [5.74, 6) is -5.39. The van der Waals surface area contributed by atoms with Gasteiger partial charge in [-0.15, -0.1) is 0 Å². The maximum absolute atomic E-state index is 13.8. The van der Waals surface area contributed by atoms with Crippen molar-refractivity contribution in [3.63, 3.8) is 0 Å². The summed E-state index contributed by atoms with van der Waals surface area (Å²) in [4.78, 5) is 23.7. The van der Waals surface area contributed by atoms with Crippen molar-refractivity contribution < 1.29 is 32.2 Å². The highest BCUT2D eigenvalue weighted by Gasteiger charge is 2.18. The van der Waals surface area contributed by atoms with E-state index in [4.69, 9.17) is 4.74 Å². The largest absolute Gasteiger partial charge is 0.469 e. The second-order valence-electron chi connectivity index (χ2n) is 5.27. The molecule has 136 valence electrons. The lowest BCUT2D eigenvalue weighted by atomic mass is 10.1. The molecule has 2 aromatic rings. The summed E-state index contributed by atoms with van der Waals surface area (Å²) in [5, 5.41) is 0. The predicted octanol–water partition coefficient (Wildman–Crippen LogP) is 3.79. The van der Waals surface area contributed by atoms with Gasteiger partial charge in [-0.1, -0.05) is 30.3 Å². The Morgan fingerprint density at radius 3 is 2.31 bits per heavy atom. The Morgan fingerprint density at radius 1 is 1.00 bits per heavy atom. The molecule has 0 aliphatic rings. The molecular weight excluding hydrogens is 349 g/mol. The maximum atomic E-state index is 13.8. The topological polar surface area (TPSA) is 52.6 Å². The first-order valence-electron chi connectivity index (χ1n) is 7.53. The zero-order valence-electron chi connectivity index (χ0n) is 13.8. The quantitative estimate of drug-likeness (QED) is 0.445. The van der Waals surface area contributed by atoms with Gasteiger partial charge in [0.15, 0.2) is 11.6 Å². The van der Waals surface area contributed by atoms with Crippen LogP contribution in [0.25, 0.3) is 6.08 Å². The van der Waals surface area contributed by atoms with E-state index in [0.29, 0.717) is 17.7 Å². The van der Waals surface area contributed by atoms with E-state index in [1.807, 2.05) is 0 Å². The van der Waals surface area contributed by atoms with Crippen LogP contribution in [-0.2, 0) is 25.7 Å². The molecule has 0 aliphatic carbocycles. The molecule has 0 amide bonds. The van der Waals surface area contributed by atoms with Crippen LogP contribution in [0.3, 0.4) is 0 Å². The number of rotatable bonds is 6. The number of halogens is 3. The van der Waals surface area contributed by atoms with Gasteiger partial charge in [-0.05, 0) is 17.7 Å². The summed E-state index contributed by atoms with van der Waals surface area (Å²) in [5.41, 5.74) is 0.0643. The molecule has 0 N–H and O–H groups in total. The lowest BCUT2D eigenvalue weighted by Gasteiger charge is -2.09. The molecule has 0 aromatic heterocycles. The number of carbonyl (C=O) groups excluding carboxylic acids is 2. The lowest BCUT2D eigenvalue weighted by molar-refractivity contribution is -0.145. The average molecular weight is 364 g/mol. The van der Waals surface area contributed by atoms with E-state index in [2.05, 4.69) is 4.74 Å². The number of hydrogen-bond acceptors (Lipinski definition) is 4. The summed E-state index contributed by atoms with van der Waals surface area (Å²) < 4.78 is 49.7. The van der Waals surface area contributed by atoms with Crippen LogP contribution in [0.5, 0.6) is 0 Å². The number of benzene rings is 2. The predicted molar refractivity (Wildman–Crippen MR) is 87.2 cm³/mol. The average Bonchev–Trinajstić information content (AvgIpc) is 2.64. The first kappa shape index (κ1) is 19.2. The normalized spacial score (nSPS) is 11.2. The smallest absolute Gasteiger partial charge is 0.334 e. The molecule has 2 aromatic carbocycles. The molecule has 0 saturated carbocycles. The molecule has 0 unspecified atom stereocenters. The van der Waals surface area contributed by atoms with E-state index in [-0.39, 0.29) is 17.7 Å². The van der Waals surface area contributed by atoms with Crippen LogP contribution < -0.4 is 0 Å². The molecule has 0 radical (unpaired) electrons. The molecule has 2 rings (SSSR count). The fourth-order valence-electron chi connectivity index (χ4n) is 2.06. The summed E-state index contributed by atoms with van der Waals surface area (Å²) in [6, 6.07) is 9.70. The molecular formula is C19H15F3O4. The van der Waals surface area contributed by atoms with Crippen molar-refractivity contribution in [3.05, 3.63) is 76.6 Å². The van der Waals surface area contributed by atoms with Crippen LogP contribution in [0, 0.1) is 17.5 Å². The Hall–Kier alpha value is -3.09. The van der Waals surface area contributed by atoms with Gasteiger partial charge >= 0.3 is 11.9 Å². The summed E-state index contributed by atoms with van der Waals surface area (Å²) >= 11 is 0. The van der Waals surface area contributed by atoms with Crippen molar-refractivity contribution in [2.24, 2.45) is 0 Å². The zero-order valence-corrected chi connectivity index (χ0v) is 13.8. The van der Waals surface area contributed by atoms with E-state index in [1.54, 1.807) is 30.3 Å². The Bertz CT molecular complexity index is 832. The van der Waals surface area contributed by atoms with Gasteiger partial charge in [-0.2, -0.15) is 0 Å². The maximum Gasteiger partial charge on any atom is 0.334 e. The molecule has 26 heavy (non-hydrogen) atoms. The van der Waals surface area contributed by atoms with Crippen molar-refractivity contribution in [2.45, 2.75) is 13.0 Å². The van der Waals surface area contributed by atoms with Crippen LogP contribution >= 0.6 is 0 Å². The second kappa shape index (κ2) is 8.84. The minimum absolute atomic E-state index is 0.0710. The molecule has 4 nitrogen and oxygen atoms in total. The van der Waals surface area contributed by atoms with Crippen molar-refractivity contribution in [3.8, 4) is 0 Å². The SMILES string of the molecule is COC(=O)C/C(=C\c1cc(F)c(F)cc1F)C(=O)OCc1ccccc1. The van der Waals surface area contributed by atoms with Crippen molar-refractivity contribution in [1.29, 1.82) is 0 Å². The van der Waals surface area contributed by atoms with Gasteiger partial charge in [0.05, 0.1) is 13.5 Å². The van der Waals surface area contributed by atoms with Gasteiger partial charge in [0.25, 0.3) is 0 Å². The van der Waals surface area contributed by atoms with Crippen LogP contribution in [0.4, 0.5) is 13.2 Å². The summed E-state index contributed by atoms with van der Waals surface area (Å²) in [6.45, 7) is -0.0710. The zero-order chi connectivity index (χ0) is 19.1. The van der Waals surface area contributed by atoms with Gasteiger partial charge in [0.1, 0.15) is 12.4 Å². The van der Waals surface area contributed by atoms with Crippen LogP contribution in [-0.4, -0.2) is 19.0 Å². The highest BCUT2D eigenvalue weighted by Crippen LogP contribution is 2.19. The first-order valence-corrected chi connectivity index (χ1v) is 7.53. The minimum Gasteiger partial charge on any atom is -0.469 e. The lowest BCUT2D eigenvalue weighted by Crippen LogP contribution is -2.13. The molecule has 0 fully saturated rings. The third kappa shape index (κ3) is 5.20. The summed E-state index contributed by atoms with van der Waals surface area (Å²) in [6.07, 6.45) is 0.421. The number of ether oxygens (including phenoxy) is 2. The molecule has 0 aliphatic heterocycles.